The zero-order valence-electron chi connectivity index (χ0n) is 17.5. The van der Waals surface area contributed by atoms with Crippen molar-refractivity contribution in [1.29, 1.82) is 0 Å². The van der Waals surface area contributed by atoms with Crippen LogP contribution >= 0.6 is 0 Å². The molecule has 0 saturated carbocycles. The average molecular weight is 404 g/mol. The highest BCUT2D eigenvalue weighted by Gasteiger charge is 2.19. The first-order valence-corrected chi connectivity index (χ1v) is 10.3. The Morgan fingerprint density at radius 2 is 1.73 bits per heavy atom. The van der Waals surface area contributed by atoms with Gasteiger partial charge in [-0.2, -0.15) is 0 Å². The molecule has 5 nitrogen and oxygen atoms in total. The minimum absolute atomic E-state index is 0.0120. The minimum atomic E-state index is -0.511. The quantitative estimate of drug-likeness (QED) is 0.534. The molecule has 2 N–H and O–H groups in total. The van der Waals surface area contributed by atoms with Crippen molar-refractivity contribution in [2.24, 2.45) is 0 Å². The van der Waals surface area contributed by atoms with Gasteiger partial charge in [-0.25, -0.2) is 0 Å². The SMILES string of the molecule is CC(c1cccnc1)N(C)C(=O)c1ccc(CCNC[C@H](O)c2ccccc2)cc1. The van der Waals surface area contributed by atoms with Crippen molar-refractivity contribution in [2.75, 3.05) is 20.1 Å². The molecule has 0 aliphatic heterocycles. The Bertz CT molecular complexity index is 914. The highest BCUT2D eigenvalue weighted by Crippen LogP contribution is 2.20. The van der Waals surface area contributed by atoms with Gasteiger partial charge in [0.2, 0.25) is 0 Å². The van der Waals surface area contributed by atoms with Gasteiger partial charge < -0.3 is 15.3 Å². The van der Waals surface area contributed by atoms with E-state index in [0.717, 1.165) is 29.7 Å². The van der Waals surface area contributed by atoms with E-state index in [1.165, 1.54) is 0 Å². The van der Waals surface area contributed by atoms with Crippen LogP contribution in [0.4, 0.5) is 0 Å². The summed E-state index contributed by atoms with van der Waals surface area (Å²) in [6.07, 6.45) is 3.84. The molecule has 0 bridgehead atoms. The van der Waals surface area contributed by atoms with E-state index in [-0.39, 0.29) is 11.9 Å². The van der Waals surface area contributed by atoms with Crippen molar-refractivity contribution >= 4 is 5.91 Å². The first-order chi connectivity index (χ1) is 14.6. The number of carbonyl (C=O) groups excluding carboxylic acids is 1. The summed E-state index contributed by atoms with van der Waals surface area (Å²) >= 11 is 0. The van der Waals surface area contributed by atoms with Crippen molar-refractivity contribution in [1.82, 2.24) is 15.2 Å². The van der Waals surface area contributed by atoms with E-state index < -0.39 is 6.10 Å². The molecule has 0 aliphatic carbocycles. The number of pyridine rings is 1. The number of aliphatic hydroxyl groups is 1. The van der Waals surface area contributed by atoms with Gasteiger partial charge in [0.25, 0.3) is 5.91 Å². The predicted octanol–water partition coefficient (Wildman–Crippen LogP) is 3.78. The smallest absolute Gasteiger partial charge is 0.254 e. The van der Waals surface area contributed by atoms with E-state index in [2.05, 4.69) is 10.3 Å². The number of carbonyl (C=O) groups is 1. The van der Waals surface area contributed by atoms with Crippen LogP contribution in [0.15, 0.2) is 79.1 Å². The van der Waals surface area contributed by atoms with Gasteiger partial charge in [0.15, 0.2) is 0 Å². The van der Waals surface area contributed by atoms with Crippen LogP contribution in [-0.2, 0) is 6.42 Å². The average Bonchev–Trinajstić information content (AvgIpc) is 2.81. The summed E-state index contributed by atoms with van der Waals surface area (Å²) in [4.78, 5) is 18.7. The second kappa shape index (κ2) is 10.7. The first kappa shape index (κ1) is 21.7. The summed E-state index contributed by atoms with van der Waals surface area (Å²) < 4.78 is 0. The maximum absolute atomic E-state index is 12.8. The molecule has 1 unspecified atom stereocenters. The first-order valence-electron chi connectivity index (χ1n) is 10.3. The summed E-state index contributed by atoms with van der Waals surface area (Å²) in [6.45, 7) is 3.27. The maximum atomic E-state index is 12.8. The van der Waals surface area contributed by atoms with Gasteiger partial charge in [-0.3, -0.25) is 9.78 Å². The van der Waals surface area contributed by atoms with Gasteiger partial charge in [-0.15, -0.1) is 0 Å². The van der Waals surface area contributed by atoms with Crippen LogP contribution in [0.3, 0.4) is 0 Å². The molecule has 0 radical (unpaired) electrons. The lowest BCUT2D eigenvalue weighted by molar-refractivity contribution is 0.0742. The molecule has 1 amide bonds. The molecule has 0 spiro atoms. The van der Waals surface area contributed by atoms with Crippen LogP contribution in [0.2, 0.25) is 0 Å². The van der Waals surface area contributed by atoms with Crippen molar-refractivity contribution < 1.29 is 9.90 Å². The van der Waals surface area contributed by atoms with Gasteiger partial charge in [0.1, 0.15) is 0 Å². The lowest BCUT2D eigenvalue weighted by Crippen LogP contribution is -2.29. The molecule has 3 aromatic rings. The van der Waals surface area contributed by atoms with Crippen LogP contribution in [0, 0.1) is 0 Å². The molecule has 2 atom stereocenters. The van der Waals surface area contributed by atoms with Crippen LogP contribution in [0.5, 0.6) is 0 Å². The normalized spacial score (nSPS) is 12.9. The van der Waals surface area contributed by atoms with Crippen LogP contribution < -0.4 is 5.32 Å². The zero-order chi connectivity index (χ0) is 21.3. The molecule has 30 heavy (non-hydrogen) atoms. The standard InChI is InChI=1S/C25H29N3O2/c1-19(23-9-6-15-26-17-23)28(2)25(30)22-12-10-20(11-13-22)14-16-27-18-24(29)21-7-4-3-5-8-21/h3-13,15,17,19,24,27,29H,14,16,18H2,1-2H3/t19?,24-/m0/s1. The lowest BCUT2D eigenvalue weighted by atomic mass is 10.1. The maximum Gasteiger partial charge on any atom is 0.254 e. The predicted molar refractivity (Wildman–Crippen MR) is 119 cm³/mol. The molecular weight excluding hydrogens is 374 g/mol. The van der Waals surface area contributed by atoms with Crippen LogP contribution in [0.1, 0.15) is 46.1 Å². The molecule has 0 saturated heterocycles. The fraction of sp³-hybridized carbons (Fsp3) is 0.280. The number of aliphatic hydroxyl groups excluding tert-OH is 1. The van der Waals surface area contributed by atoms with Crippen molar-refractivity contribution in [3.63, 3.8) is 0 Å². The van der Waals surface area contributed by atoms with E-state index in [1.807, 2.05) is 80.7 Å². The molecule has 1 heterocycles. The Hall–Kier alpha value is -3.02. The monoisotopic (exact) mass is 403 g/mol. The summed E-state index contributed by atoms with van der Waals surface area (Å²) in [6, 6.07) is 21.2. The Morgan fingerprint density at radius 3 is 2.40 bits per heavy atom. The van der Waals surface area contributed by atoms with Gasteiger partial charge in [0.05, 0.1) is 12.1 Å². The van der Waals surface area contributed by atoms with Gasteiger partial charge in [-0.05, 0) is 54.8 Å². The second-order valence-electron chi connectivity index (χ2n) is 7.46. The largest absolute Gasteiger partial charge is 0.387 e. The number of rotatable bonds is 9. The third-order valence-corrected chi connectivity index (χ3v) is 5.38. The van der Waals surface area contributed by atoms with Crippen molar-refractivity contribution in [3.05, 3.63) is 101 Å². The number of amides is 1. The summed E-state index contributed by atoms with van der Waals surface area (Å²) in [7, 11) is 1.82. The van der Waals surface area contributed by atoms with Crippen LogP contribution in [0.25, 0.3) is 0 Å². The topological polar surface area (TPSA) is 65.5 Å². The molecule has 2 aromatic carbocycles. The molecular formula is C25H29N3O2. The zero-order valence-corrected chi connectivity index (χ0v) is 17.5. The molecule has 5 heteroatoms. The third kappa shape index (κ3) is 5.75. The molecule has 1 aromatic heterocycles. The van der Waals surface area contributed by atoms with E-state index in [1.54, 1.807) is 17.3 Å². The summed E-state index contributed by atoms with van der Waals surface area (Å²) in [5, 5.41) is 13.5. The van der Waals surface area contributed by atoms with E-state index in [0.29, 0.717) is 12.1 Å². The number of hydrogen-bond donors (Lipinski definition) is 2. The van der Waals surface area contributed by atoms with Gasteiger partial charge >= 0.3 is 0 Å². The fourth-order valence-corrected chi connectivity index (χ4v) is 3.30. The lowest BCUT2D eigenvalue weighted by Gasteiger charge is -2.25. The molecule has 156 valence electrons. The summed E-state index contributed by atoms with van der Waals surface area (Å²) in [5.41, 5.74) is 3.74. The van der Waals surface area contributed by atoms with Gasteiger partial charge in [-0.1, -0.05) is 48.5 Å². The molecule has 3 rings (SSSR count). The van der Waals surface area contributed by atoms with Crippen molar-refractivity contribution in [2.45, 2.75) is 25.5 Å². The number of hydrogen-bond acceptors (Lipinski definition) is 4. The van der Waals surface area contributed by atoms with Crippen molar-refractivity contribution in [3.8, 4) is 0 Å². The number of nitrogens with zero attached hydrogens (tertiary/aromatic N) is 2. The summed E-state index contributed by atoms with van der Waals surface area (Å²) in [5.74, 6) is -0.0120. The Labute approximate surface area is 178 Å². The Kier molecular flexibility index (Phi) is 7.71. The highest BCUT2D eigenvalue weighted by molar-refractivity contribution is 5.94. The number of nitrogens with one attached hydrogen (secondary N) is 1. The highest BCUT2D eigenvalue weighted by atomic mass is 16.3. The van der Waals surface area contributed by atoms with E-state index >= 15 is 0 Å². The molecule has 0 fully saturated rings. The number of benzene rings is 2. The Morgan fingerprint density at radius 1 is 1.03 bits per heavy atom. The van der Waals surface area contributed by atoms with E-state index in [4.69, 9.17) is 0 Å². The van der Waals surface area contributed by atoms with E-state index in [9.17, 15) is 9.90 Å². The second-order valence-corrected chi connectivity index (χ2v) is 7.46. The van der Waals surface area contributed by atoms with Gasteiger partial charge in [0, 0.05) is 31.5 Å². The molecule has 0 aliphatic rings. The third-order valence-electron chi connectivity index (χ3n) is 5.38. The minimum Gasteiger partial charge on any atom is -0.387 e. The fourth-order valence-electron chi connectivity index (χ4n) is 3.30. The Balaban J connectivity index is 1.48. The van der Waals surface area contributed by atoms with Crippen LogP contribution in [-0.4, -0.2) is 41.0 Å². The number of aromatic nitrogens is 1.